The van der Waals surface area contributed by atoms with E-state index >= 15 is 0 Å². The van der Waals surface area contributed by atoms with Gasteiger partial charge in [-0.1, -0.05) is 11.6 Å². The molecule has 0 aliphatic carbocycles. The highest BCUT2D eigenvalue weighted by atomic mass is 35.5. The summed E-state index contributed by atoms with van der Waals surface area (Å²) in [5, 5.41) is 21.6. The lowest BCUT2D eigenvalue weighted by atomic mass is 10.2. The molecule has 1 aromatic carbocycles. The van der Waals surface area contributed by atoms with Crippen molar-refractivity contribution >= 4 is 23.2 Å². The molecule has 10 heteroatoms. The van der Waals surface area contributed by atoms with Gasteiger partial charge in [0.1, 0.15) is 12.8 Å². The number of carbonyl (C=O) groups excluding carboxylic acids is 1. The first-order valence-corrected chi connectivity index (χ1v) is 8.65. The van der Waals surface area contributed by atoms with Crippen molar-refractivity contribution in [1.82, 2.24) is 9.80 Å². The number of benzene rings is 1. The van der Waals surface area contributed by atoms with Crippen LogP contribution < -0.4 is 4.74 Å². The molecule has 3 rings (SSSR count). The zero-order valence-electron chi connectivity index (χ0n) is 14.3. The molecule has 27 heavy (non-hydrogen) atoms. The third kappa shape index (κ3) is 4.57. The average Bonchev–Trinajstić information content (AvgIpc) is 3.21. The Kier molecular flexibility index (Phi) is 5.94. The highest BCUT2D eigenvalue weighted by Gasteiger charge is 2.27. The molecule has 9 nitrogen and oxygen atoms in total. The zero-order valence-corrected chi connectivity index (χ0v) is 15.0. The topological polar surface area (TPSA) is 109 Å². The first-order valence-electron chi connectivity index (χ1n) is 8.27. The fraction of sp³-hybridized carbons (Fsp3) is 0.353. The van der Waals surface area contributed by atoms with E-state index in [1.54, 1.807) is 21.9 Å². The van der Waals surface area contributed by atoms with E-state index in [0.29, 0.717) is 26.2 Å². The lowest BCUT2D eigenvalue weighted by Gasteiger charge is -2.36. The number of furan rings is 1. The van der Waals surface area contributed by atoms with Gasteiger partial charge in [0.15, 0.2) is 11.5 Å². The Labute approximate surface area is 159 Å². The molecule has 144 valence electrons. The highest BCUT2D eigenvalue weighted by Crippen LogP contribution is 2.30. The molecule has 1 unspecified atom stereocenters. The van der Waals surface area contributed by atoms with E-state index in [4.69, 9.17) is 20.8 Å². The van der Waals surface area contributed by atoms with E-state index in [0.717, 1.165) is 0 Å². The molecule has 1 atom stereocenters. The van der Waals surface area contributed by atoms with Crippen LogP contribution >= 0.6 is 11.6 Å². The molecule has 1 amide bonds. The summed E-state index contributed by atoms with van der Waals surface area (Å²) in [7, 11) is 0. The number of hydrogen-bond donors (Lipinski definition) is 1. The average molecular weight is 396 g/mol. The van der Waals surface area contributed by atoms with E-state index in [2.05, 4.69) is 0 Å². The van der Waals surface area contributed by atoms with Crippen LogP contribution in [0.3, 0.4) is 0 Å². The number of amides is 1. The van der Waals surface area contributed by atoms with Crippen LogP contribution in [-0.2, 0) is 0 Å². The van der Waals surface area contributed by atoms with Crippen LogP contribution in [-0.4, -0.2) is 64.8 Å². The van der Waals surface area contributed by atoms with Gasteiger partial charge in [0.2, 0.25) is 0 Å². The molecule has 2 heterocycles. The minimum absolute atomic E-state index is 0.0371. The smallest absolute Gasteiger partial charge is 0.312 e. The number of nitrogens with zero attached hydrogens (tertiary/aromatic N) is 3. The summed E-state index contributed by atoms with van der Waals surface area (Å²) in [5.74, 6) is 0.125. The van der Waals surface area contributed by atoms with Gasteiger partial charge in [-0.25, -0.2) is 0 Å². The number of halogens is 1. The highest BCUT2D eigenvalue weighted by molar-refractivity contribution is 6.30. The molecule has 1 aliphatic rings. The van der Waals surface area contributed by atoms with Gasteiger partial charge < -0.3 is 19.2 Å². The van der Waals surface area contributed by atoms with Crippen LogP contribution in [0.1, 0.15) is 10.6 Å². The molecule has 1 aliphatic heterocycles. The second-order valence-corrected chi connectivity index (χ2v) is 6.40. The van der Waals surface area contributed by atoms with Crippen LogP contribution in [0.5, 0.6) is 5.75 Å². The maximum Gasteiger partial charge on any atom is 0.312 e. The number of carbonyl (C=O) groups is 1. The van der Waals surface area contributed by atoms with Gasteiger partial charge in [0.25, 0.3) is 5.91 Å². The second-order valence-electron chi connectivity index (χ2n) is 5.97. The molecule has 0 saturated carbocycles. The fourth-order valence-corrected chi connectivity index (χ4v) is 2.97. The summed E-state index contributed by atoms with van der Waals surface area (Å²) in [6.45, 7) is 1.60. The van der Waals surface area contributed by atoms with Gasteiger partial charge >= 0.3 is 5.69 Å². The molecule has 2 aromatic rings. The van der Waals surface area contributed by atoms with Crippen molar-refractivity contribution in [2.75, 3.05) is 32.8 Å². The predicted octanol–water partition coefficient (Wildman–Crippen LogP) is 2.00. The van der Waals surface area contributed by atoms with Gasteiger partial charge in [-0.3, -0.25) is 19.8 Å². The number of aliphatic hydroxyl groups excluding tert-OH is 1. The molecule has 0 radical (unpaired) electrons. The molecule has 1 saturated heterocycles. The van der Waals surface area contributed by atoms with Crippen molar-refractivity contribution in [3.63, 3.8) is 0 Å². The summed E-state index contributed by atoms with van der Waals surface area (Å²) >= 11 is 5.77. The van der Waals surface area contributed by atoms with Crippen molar-refractivity contribution in [1.29, 1.82) is 0 Å². The summed E-state index contributed by atoms with van der Waals surface area (Å²) < 4.78 is 10.5. The Morgan fingerprint density at radius 2 is 2.07 bits per heavy atom. The molecule has 1 aromatic heterocycles. The predicted molar refractivity (Wildman–Crippen MR) is 95.8 cm³/mol. The first-order chi connectivity index (χ1) is 13.0. The van der Waals surface area contributed by atoms with E-state index in [-0.39, 0.29) is 34.7 Å². The Balaban J connectivity index is 1.52. The van der Waals surface area contributed by atoms with E-state index in [1.807, 2.05) is 0 Å². The number of hydrogen-bond acceptors (Lipinski definition) is 7. The van der Waals surface area contributed by atoms with Crippen molar-refractivity contribution in [3.05, 3.63) is 57.5 Å². The number of ether oxygens (including phenoxy) is 1. The summed E-state index contributed by atoms with van der Waals surface area (Å²) in [6.07, 6.45) is 0.488. The summed E-state index contributed by atoms with van der Waals surface area (Å²) in [5.41, 5.74) is -0.261. The van der Waals surface area contributed by atoms with Gasteiger partial charge in [-0.2, -0.15) is 0 Å². The SMILES string of the molecule is O=C(c1ccco1)N1CCN(C(O)COc2ccc(Cl)cc2[N+](=O)[O-])CC1. The number of aliphatic hydroxyl groups is 1. The van der Waals surface area contributed by atoms with Gasteiger partial charge in [-0.05, 0) is 24.3 Å². The Morgan fingerprint density at radius 1 is 1.33 bits per heavy atom. The van der Waals surface area contributed by atoms with Crippen LogP contribution in [0.2, 0.25) is 5.02 Å². The molecular formula is C17H18ClN3O6. The van der Waals surface area contributed by atoms with E-state index in [9.17, 15) is 20.0 Å². The largest absolute Gasteiger partial charge is 0.483 e. The van der Waals surface area contributed by atoms with Crippen LogP contribution in [0.25, 0.3) is 0 Å². The normalized spacial score (nSPS) is 16.1. The Morgan fingerprint density at radius 3 is 2.70 bits per heavy atom. The maximum atomic E-state index is 12.2. The zero-order chi connectivity index (χ0) is 19.4. The van der Waals surface area contributed by atoms with Crippen LogP contribution in [0.4, 0.5) is 5.69 Å². The van der Waals surface area contributed by atoms with Crippen molar-refractivity contribution in [2.45, 2.75) is 6.23 Å². The number of piperazine rings is 1. The molecule has 1 N–H and O–H groups in total. The molecular weight excluding hydrogens is 378 g/mol. The minimum Gasteiger partial charge on any atom is -0.483 e. The summed E-state index contributed by atoms with van der Waals surface area (Å²) in [4.78, 5) is 26.1. The van der Waals surface area contributed by atoms with Crippen molar-refractivity contribution in [2.24, 2.45) is 0 Å². The lowest BCUT2D eigenvalue weighted by molar-refractivity contribution is -0.386. The Hall–Kier alpha value is -2.62. The second kappa shape index (κ2) is 8.38. The van der Waals surface area contributed by atoms with Gasteiger partial charge in [-0.15, -0.1) is 0 Å². The van der Waals surface area contributed by atoms with Crippen molar-refractivity contribution < 1.29 is 24.0 Å². The van der Waals surface area contributed by atoms with E-state index in [1.165, 1.54) is 24.5 Å². The maximum absolute atomic E-state index is 12.2. The minimum atomic E-state index is -0.957. The van der Waals surface area contributed by atoms with E-state index < -0.39 is 11.2 Å². The third-order valence-electron chi connectivity index (χ3n) is 4.26. The van der Waals surface area contributed by atoms with Crippen molar-refractivity contribution in [3.8, 4) is 5.75 Å². The monoisotopic (exact) mass is 395 g/mol. The number of rotatable bonds is 6. The number of nitro groups is 1. The first kappa shape index (κ1) is 19.2. The quantitative estimate of drug-likeness (QED) is 0.588. The van der Waals surface area contributed by atoms with Gasteiger partial charge in [0, 0.05) is 37.3 Å². The molecule has 0 spiro atoms. The third-order valence-corrected chi connectivity index (χ3v) is 4.50. The summed E-state index contributed by atoms with van der Waals surface area (Å²) in [6, 6.07) is 7.33. The van der Waals surface area contributed by atoms with Crippen LogP contribution in [0.15, 0.2) is 41.0 Å². The lowest BCUT2D eigenvalue weighted by Crippen LogP contribution is -2.53. The molecule has 0 bridgehead atoms. The standard InChI is InChI=1S/C17H18ClN3O6/c18-12-3-4-14(13(10-12)21(24)25)27-11-16(22)19-5-7-20(8-6-19)17(23)15-2-1-9-26-15/h1-4,9-10,16,22H,5-8,11H2. The Bertz CT molecular complexity index is 805. The fourth-order valence-electron chi connectivity index (χ4n) is 2.80. The molecule has 1 fully saturated rings. The van der Waals surface area contributed by atoms with Gasteiger partial charge in [0.05, 0.1) is 11.2 Å². The number of nitro benzene ring substituents is 1. The van der Waals surface area contributed by atoms with Crippen LogP contribution in [0, 0.1) is 10.1 Å².